The van der Waals surface area contributed by atoms with Crippen LogP contribution in [0, 0.1) is 23.5 Å². The summed E-state index contributed by atoms with van der Waals surface area (Å²) in [6, 6.07) is 3.11. The van der Waals surface area contributed by atoms with E-state index in [0.717, 1.165) is 18.7 Å². The highest BCUT2D eigenvalue weighted by atomic mass is 19.1. The molecule has 2 N–H and O–H groups in total. The zero-order valence-corrected chi connectivity index (χ0v) is 9.47. The molecule has 0 aromatic heterocycles. The lowest BCUT2D eigenvalue weighted by Crippen LogP contribution is -2.28. The molecule has 0 unspecified atom stereocenters. The zero-order valence-electron chi connectivity index (χ0n) is 9.47. The monoisotopic (exact) mass is 240 g/mol. The summed E-state index contributed by atoms with van der Waals surface area (Å²) >= 11 is 0. The topological polar surface area (TPSA) is 41.1 Å². The maximum Gasteiger partial charge on any atom is 0.229 e. The van der Waals surface area contributed by atoms with Crippen molar-refractivity contribution in [1.82, 2.24) is 5.32 Å². The average molecular weight is 240 g/mol. The van der Waals surface area contributed by atoms with Crippen molar-refractivity contribution in [3.8, 4) is 0 Å². The van der Waals surface area contributed by atoms with Crippen LogP contribution in [-0.4, -0.2) is 19.0 Å². The molecule has 5 heteroatoms. The van der Waals surface area contributed by atoms with E-state index in [2.05, 4.69) is 10.6 Å². The van der Waals surface area contributed by atoms with Crippen molar-refractivity contribution in [2.75, 3.05) is 18.4 Å². The smallest absolute Gasteiger partial charge is 0.229 e. The van der Waals surface area contributed by atoms with E-state index in [0.29, 0.717) is 6.54 Å². The standard InChI is InChI=1S/C12H14F2N2O/c1-7-5-15-6-9(7)12(17)16-11-3-2-8(13)4-10(11)14/h2-4,7,9,15H,5-6H2,1H3,(H,16,17)/t7-,9-/m1/s1. The van der Waals surface area contributed by atoms with Crippen molar-refractivity contribution in [3.63, 3.8) is 0 Å². The zero-order chi connectivity index (χ0) is 12.4. The Kier molecular flexibility index (Phi) is 3.38. The van der Waals surface area contributed by atoms with Gasteiger partial charge in [-0.05, 0) is 24.6 Å². The highest BCUT2D eigenvalue weighted by Crippen LogP contribution is 2.20. The van der Waals surface area contributed by atoms with Crippen LogP contribution in [0.5, 0.6) is 0 Å². The predicted molar refractivity (Wildman–Crippen MR) is 60.5 cm³/mol. The molecule has 0 saturated carbocycles. The number of benzene rings is 1. The van der Waals surface area contributed by atoms with Crippen molar-refractivity contribution < 1.29 is 13.6 Å². The molecule has 17 heavy (non-hydrogen) atoms. The first-order chi connectivity index (χ1) is 8.08. The van der Waals surface area contributed by atoms with Gasteiger partial charge in [0.25, 0.3) is 0 Å². The summed E-state index contributed by atoms with van der Waals surface area (Å²) in [5, 5.41) is 5.59. The molecule has 1 aliphatic rings. The third-order valence-corrected chi connectivity index (χ3v) is 3.04. The van der Waals surface area contributed by atoms with E-state index >= 15 is 0 Å². The third kappa shape index (κ3) is 2.61. The van der Waals surface area contributed by atoms with E-state index in [4.69, 9.17) is 0 Å². The molecule has 0 radical (unpaired) electrons. The van der Waals surface area contributed by atoms with Gasteiger partial charge in [-0.2, -0.15) is 0 Å². The fourth-order valence-corrected chi connectivity index (χ4v) is 1.98. The van der Waals surface area contributed by atoms with Gasteiger partial charge in [-0.25, -0.2) is 8.78 Å². The molecule has 1 fully saturated rings. The number of hydrogen-bond donors (Lipinski definition) is 2. The number of hydrogen-bond acceptors (Lipinski definition) is 2. The van der Waals surface area contributed by atoms with Gasteiger partial charge in [0.05, 0.1) is 11.6 Å². The lowest BCUT2D eigenvalue weighted by atomic mass is 9.97. The fourth-order valence-electron chi connectivity index (χ4n) is 1.98. The minimum absolute atomic E-state index is 0.0236. The molecule has 2 atom stereocenters. The predicted octanol–water partition coefficient (Wildman–Crippen LogP) is 1.76. The summed E-state index contributed by atoms with van der Waals surface area (Å²) in [6.07, 6.45) is 0. The lowest BCUT2D eigenvalue weighted by Gasteiger charge is -2.14. The van der Waals surface area contributed by atoms with Crippen LogP contribution in [0.4, 0.5) is 14.5 Å². The second-order valence-electron chi connectivity index (χ2n) is 4.36. The van der Waals surface area contributed by atoms with Crippen LogP contribution in [0.2, 0.25) is 0 Å². The third-order valence-electron chi connectivity index (χ3n) is 3.04. The second-order valence-corrected chi connectivity index (χ2v) is 4.36. The van der Waals surface area contributed by atoms with E-state index in [9.17, 15) is 13.6 Å². The number of rotatable bonds is 2. The van der Waals surface area contributed by atoms with Gasteiger partial charge in [0.1, 0.15) is 11.6 Å². The number of anilines is 1. The Labute approximate surface area is 98.2 Å². The number of carbonyl (C=O) groups is 1. The summed E-state index contributed by atoms with van der Waals surface area (Å²) in [5.74, 6) is -1.58. The van der Waals surface area contributed by atoms with E-state index in [1.807, 2.05) is 6.92 Å². The number of halogens is 2. The molecule has 0 aliphatic carbocycles. The first kappa shape index (κ1) is 12.0. The molecule has 2 rings (SSSR count). The van der Waals surface area contributed by atoms with Gasteiger partial charge in [0.2, 0.25) is 5.91 Å². The first-order valence-corrected chi connectivity index (χ1v) is 5.54. The van der Waals surface area contributed by atoms with Crippen LogP contribution in [0.1, 0.15) is 6.92 Å². The first-order valence-electron chi connectivity index (χ1n) is 5.54. The number of amides is 1. The van der Waals surface area contributed by atoms with Gasteiger partial charge in [-0.3, -0.25) is 4.79 Å². The van der Waals surface area contributed by atoms with Crippen LogP contribution >= 0.6 is 0 Å². The van der Waals surface area contributed by atoms with E-state index in [-0.39, 0.29) is 23.4 Å². The van der Waals surface area contributed by atoms with Crippen LogP contribution in [0.15, 0.2) is 18.2 Å². The normalized spacial score (nSPS) is 23.7. The molecular weight excluding hydrogens is 226 g/mol. The van der Waals surface area contributed by atoms with Crippen LogP contribution in [-0.2, 0) is 4.79 Å². The van der Waals surface area contributed by atoms with Crippen LogP contribution in [0.25, 0.3) is 0 Å². The van der Waals surface area contributed by atoms with Crippen molar-refractivity contribution in [1.29, 1.82) is 0 Å². The minimum atomic E-state index is -0.753. The summed E-state index contributed by atoms with van der Waals surface area (Å²) in [7, 11) is 0. The number of carbonyl (C=O) groups excluding carboxylic acids is 1. The Morgan fingerprint density at radius 1 is 1.41 bits per heavy atom. The summed E-state index contributed by atoms with van der Waals surface area (Å²) in [4.78, 5) is 11.9. The molecule has 0 bridgehead atoms. The second kappa shape index (κ2) is 4.79. The van der Waals surface area contributed by atoms with Crippen molar-refractivity contribution in [2.24, 2.45) is 11.8 Å². The Hall–Kier alpha value is -1.49. The number of nitrogens with one attached hydrogen (secondary N) is 2. The van der Waals surface area contributed by atoms with Gasteiger partial charge in [-0.15, -0.1) is 0 Å². The molecule has 92 valence electrons. The Morgan fingerprint density at radius 3 is 2.76 bits per heavy atom. The molecule has 1 aliphatic heterocycles. The van der Waals surface area contributed by atoms with E-state index < -0.39 is 11.6 Å². The molecule has 1 saturated heterocycles. The van der Waals surface area contributed by atoms with Gasteiger partial charge in [0.15, 0.2) is 0 Å². The molecule has 1 aromatic rings. The molecule has 1 amide bonds. The van der Waals surface area contributed by atoms with Crippen molar-refractivity contribution in [2.45, 2.75) is 6.92 Å². The largest absolute Gasteiger partial charge is 0.323 e. The quantitative estimate of drug-likeness (QED) is 0.827. The Bertz CT molecular complexity index is 437. The van der Waals surface area contributed by atoms with Crippen molar-refractivity contribution >= 4 is 11.6 Å². The Balaban J connectivity index is 2.07. The maximum absolute atomic E-state index is 13.3. The summed E-state index contributed by atoms with van der Waals surface area (Å²) in [6.45, 7) is 3.34. The van der Waals surface area contributed by atoms with Gasteiger partial charge < -0.3 is 10.6 Å². The van der Waals surface area contributed by atoms with Crippen LogP contribution in [0.3, 0.4) is 0 Å². The van der Waals surface area contributed by atoms with Gasteiger partial charge in [-0.1, -0.05) is 6.92 Å². The van der Waals surface area contributed by atoms with Gasteiger partial charge in [0, 0.05) is 12.6 Å². The van der Waals surface area contributed by atoms with Crippen molar-refractivity contribution in [3.05, 3.63) is 29.8 Å². The lowest BCUT2D eigenvalue weighted by molar-refractivity contribution is -0.120. The van der Waals surface area contributed by atoms with E-state index in [1.165, 1.54) is 6.07 Å². The summed E-state index contributed by atoms with van der Waals surface area (Å²) in [5.41, 5.74) is 0.0236. The molecule has 1 heterocycles. The molecular formula is C12H14F2N2O. The summed E-state index contributed by atoms with van der Waals surface area (Å²) < 4.78 is 26.0. The SMILES string of the molecule is C[C@@H]1CNC[C@H]1C(=O)Nc1ccc(F)cc1F. The van der Waals surface area contributed by atoms with Crippen LogP contribution < -0.4 is 10.6 Å². The average Bonchev–Trinajstić information content (AvgIpc) is 2.68. The molecule has 3 nitrogen and oxygen atoms in total. The minimum Gasteiger partial charge on any atom is -0.323 e. The Morgan fingerprint density at radius 2 is 2.18 bits per heavy atom. The fraction of sp³-hybridized carbons (Fsp3) is 0.417. The molecule has 0 spiro atoms. The highest BCUT2D eigenvalue weighted by Gasteiger charge is 2.29. The maximum atomic E-state index is 13.3. The molecule has 1 aromatic carbocycles. The highest BCUT2D eigenvalue weighted by molar-refractivity contribution is 5.93. The van der Waals surface area contributed by atoms with Gasteiger partial charge >= 0.3 is 0 Å². The van der Waals surface area contributed by atoms with E-state index in [1.54, 1.807) is 0 Å².